The molecular formula is C14H17BrN2O3. The number of carbonyl (C=O) groups excluding carboxylic acids is 1. The molecule has 0 aromatic heterocycles. The fraction of sp³-hybridized carbons (Fsp3) is 0.500. The molecule has 1 amide bonds. The van der Waals surface area contributed by atoms with Crippen molar-refractivity contribution < 1.29 is 14.6 Å². The van der Waals surface area contributed by atoms with Gasteiger partial charge in [-0.25, -0.2) is 0 Å². The summed E-state index contributed by atoms with van der Waals surface area (Å²) < 4.78 is 6.28. The van der Waals surface area contributed by atoms with E-state index in [9.17, 15) is 9.90 Å². The lowest BCUT2D eigenvalue weighted by Crippen LogP contribution is -2.36. The third-order valence-electron chi connectivity index (χ3n) is 4.04. The summed E-state index contributed by atoms with van der Waals surface area (Å²) in [5.41, 5.74) is 2.34. The van der Waals surface area contributed by atoms with E-state index in [0.717, 1.165) is 36.2 Å². The van der Waals surface area contributed by atoms with Crippen molar-refractivity contribution >= 4 is 33.2 Å². The van der Waals surface area contributed by atoms with Gasteiger partial charge in [0.25, 0.3) is 5.91 Å². The molecule has 6 heteroatoms. The third-order valence-corrected chi connectivity index (χ3v) is 4.67. The highest BCUT2D eigenvalue weighted by atomic mass is 79.9. The minimum absolute atomic E-state index is 0.363. The van der Waals surface area contributed by atoms with Crippen LogP contribution in [0.15, 0.2) is 16.6 Å². The summed E-state index contributed by atoms with van der Waals surface area (Å²) >= 11 is 3.54. The van der Waals surface area contributed by atoms with Gasteiger partial charge in [-0.3, -0.25) is 4.79 Å². The zero-order chi connectivity index (χ0) is 14.3. The maximum Gasteiger partial charge on any atom is 0.257 e. The van der Waals surface area contributed by atoms with Gasteiger partial charge in [0, 0.05) is 42.0 Å². The van der Waals surface area contributed by atoms with Crippen molar-refractivity contribution in [2.24, 2.45) is 0 Å². The molecule has 2 heterocycles. The summed E-state index contributed by atoms with van der Waals surface area (Å²) in [5, 5.41) is 12.5. The molecule has 2 aliphatic heterocycles. The molecule has 0 radical (unpaired) electrons. The van der Waals surface area contributed by atoms with E-state index in [4.69, 9.17) is 4.74 Å². The minimum Gasteiger partial charge on any atom is -0.381 e. The number of amides is 1. The summed E-state index contributed by atoms with van der Waals surface area (Å²) in [7, 11) is 2.05. The normalized spacial score (nSPS) is 22.6. The van der Waals surface area contributed by atoms with Crippen molar-refractivity contribution in [3.8, 4) is 0 Å². The Bertz CT molecular complexity index is 543. The molecule has 2 N–H and O–H groups in total. The topological polar surface area (TPSA) is 61.8 Å². The highest BCUT2D eigenvalue weighted by Crippen LogP contribution is 2.39. The number of hydrogen-bond donors (Lipinski definition) is 2. The van der Waals surface area contributed by atoms with E-state index in [1.54, 1.807) is 0 Å². The van der Waals surface area contributed by atoms with Gasteiger partial charge in [-0.15, -0.1) is 0 Å². The summed E-state index contributed by atoms with van der Waals surface area (Å²) in [6, 6.07) is 4.17. The van der Waals surface area contributed by atoms with Gasteiger partial charge in [0.05, 0.1) is 5.69 Å². The predicted molar refractivity (Wildman–Crippen MR) is 80.0 cm³/mol. The Morgan fingerprint density at radius 3 is 2.80 bits per heavy atom. The first-order valence-corrected chi connectivity index (χ1v) is 7.50. The lowest BCUT2D eigenvalue weighted by molar-refractivity contribution is -0.123. The van der Waals surface area contributed by atoms with Gasteiger partial charge in [0.1, 0.15) is 0 Å². The first kappa shape index (κ1) is 13.9. The highest BCUT2D eigenvalue weighted by Gasteiger charge is 2.30. The predicted octanol–water partition coefficient (Wildman–Crippen LogP) is 2.05. The molecule has 5 nitrogen and oxygen atoms in total. The number of anilines is 2. The number of halogens is 1. The molecule has 20 heavy (non-hydrogen) atoms. The number of fused-ring (bicyclic) bond motifs is 1. The van der Waals surface area contributed by atoms with Crippen LogP contribution in [0.4, 0.5) is 11.4 Å². The number of benzene rings is 1. The van der Waals surface area contributed by atoms with E-state index in [2.05, 4.69) is 33.2 Å². The quantitative estimate of drug-likeness (QED) is 0.864. The van der Waals surface area contributed by atoms with Crippen molar-refractivity contribution in [1.29, 1.82) is 0 Å². The maximum atomic E-state index is 11.5. The summed E-state index contributed by atoms with van der Waals surface area (Å²) in [6.45, 7) is 1.57. The summed E-state index contributed by atoms with van der Waals surface area (Å²) in [4.78, 5) is 13.7. The molecule has 0 saturated carbocycles. The summed E-state index contributed by atoms with van der Waals surface area (Å²) in [6.07, 6.45) is 0.924. The zero-order valence-electron chi connectivity index (χ0n) is 11.2. The molecule has 108 valence electrons. The Balaban J connectivity index is 1.91. The molecule has 3 rings (SSSR count). The first-order chi connectivity index (χ1) is 9.58. The Morgan fingerprint density at radius 2 is 2.10 bits per heavy atom. The van der Waals surface area contributed by atoms with Crippen molar-refractivity contribution in [3.63, 3.8) is 0 Å². The second-order valence-corrected chi connectivity index (χ2v) is 6.09. The second kappa shape index (κ2) is 5.35. The Kier molecular flexibility index (Phi) is 3.70. The first-order valence-electron chi connectivity index (χ1n) is 6.71. The van der Waals surface area contributed by atoms with E-state index in [0.29, 0.717) is 17.3 Å². The molecular weight excluding hydrogens is 324 g/mol. The molecule has 1 aromatic carbocycles. The fourth-order valence-corrected chi connectivity index (χ4v) is 3.43. The van der Waals surface area contributed by atoms with Crippen molar-refractivity contribution in [1.82, 2.24) is 0 Å². The standard InChI is InChI=1S/C14H17BrN2O3/c1-17(8-2-4-20-5-3-8)12-7-11-9(6-10(12)15)13(18)14(19)16-11/h6-8,13,18H,2-5H2,1H3,(H,16,19). The maximum absolute atomic E-state index is 11.5. The number of hydrogen-bond acceptors (Lipinski definition) is 4. The van der Waals surface area contributed by atoms with Crippen molar-refractivity contribution in [3.05, 3.63) is 22.2 Å². The minimum atomic E-state index is -1.07. The van der Waals surface area contributed by atoms with Crippen LogP contribution in [0.25, 0.3) is 0 Å². The summed E-state index contributed by atoms with van der Waals surface area (Å²) in [5.74, 6) is -0.363. The van der Waals surface area contributed by atoms with Crippen LogP contribution in [-0.4, -0.2) is 37.3 Å². The fourth-order valence-electron chi connectivity index (χ4n) is 2.79. The highest BCUT2D eigenvalue weighted by molar-refractivity contribution is 9.10. The molecule has 1 aromatic rings. The Labute approximate surface area is 126 Å². The van der Waals surface area contributed by atoms with Crippen LogP contribution in [0.1, 0.15) is 24.5 Å². The number of carbonyl (C=O) groups is 1. The van der Waals surface area contributed by atoms with Crippen LogP contribution < -0.4 is 10.2 Å². The van der Waals surface area contributed by atoms with Crippen molar-refractivity contribution in [2.45, 2.75) is 25.0 Å². The average Bonchev–Trinajstić information content (AvgIpc) is 2.74. The number of aliphatic hydroxyl groups excluding tert-OH is 1. The van der Waals surface area contributed by atoms with E-state index in [1.807, 2.05) is 12.1 Å². The Morgan fingerprint density at radius 1 is 1.40 bits per heavy atom. The van der Waals surface area contributed by atoms with E-state index in [1.165, 1.54) is 0 Å². The Hall–Kier alpha value is -1.11. The van der Waals surface area contributed by atoms with E-state index in [-0.39, 0.29) is 5.91 Å². The monoisotopic (exact) mass is 340 g/mol. The van der Waals surface area contributed by atoms with Gasteiger partial charge in [-0.1, -0.05) is 0 Å². The second-order valence-electron chi connectivity index (χ2n) is 5.24. The molecule has 0 spiro atoms. The molecule has 1 unspecified atom stereocenters. The zero-order valence-corrected chi connectivity index (χ0v) is 12.8. The lowest BCUT2D eigenvalue weighted by Gasteiger charge is -2.33. The van der Waals surface area contributed by atoms with Crippen molar-refractivity contribution in [2.75, 3.05) is 30.5 Å². The average molecular weight is 341 g/mol. The SMILES string of the molecule is CN(c1cc2c(cc1Br)C(O)C(=O)N2)C1CCOCC1. The van der Waals surface area contributed by atoms with Gasteiger partial charge in [-0.05, 0) is 40.9 Å². The smallest absolute Gasteiger partial charge is 0.257 e. The molecule has 1 fully saturated rings. The van der Waals surface area contributed by atoms with Gasteiger partial charge in [0.15, 0.2) is 6.10 Å². The molecule has 2 aliphatic rings. The van der Waals surface area contributed by atoms with Crippen LogP contribution in [0, 0.1) is 0 Å². The van der Waals surface area contributed by atoms with E-state index >= 15 is 0 Å². The number of nitrogens with one attached hydrogen (secondary N) is 1. The number of aliphatic hydroxyl groups is 1. The van der Waals surface area contributed by atoms with Crippen LogP contribution in [0.5, 0.6) is 0 Å². The van der Waals surface area contributed by atoms with E-state index < -0.39 is 6.10 Å². The lowest BCUT2D eigenvalue weighted by atomic mass is 10.1. The van der Waals surface area contributed by atoms with Crippen LogP contribution in [-0.2, 0) is 9.53 Å². The van der Waals surface area contributed by atoms with Gasteiger partial charge < -0.3 is 20.1 Å². The number of rotatable bonds is 2. The molecule has 1 atom stereocenters. The largest absolute Gasteiger partial charge is 0.381 e. The van der Waals surface area contributed by atoms with Gasteiger partial charge >= 0.3 is 0 Å². The van der Waals surface area contributed by atoms with Crippen LogP contribution in [0.3, 0.4) is 0 Å². The molecule has 0 bridgehead atoms. The van der Waals surface area contributed by atoms with Crippen LogP contribution >= 0.6 is 15.9 Å². The third kappa shape index (κ3) is 2.32. The van der Waals surface area contributed by atoms with Gasteiger partial charge in [0.2, 0.25) is 0 Å². The number of ether oxygens (including phenoxy) is 1. The number of nitrogens with zero attached hydrogens (tertiary/aromatic N) is 1. The molecule has 1 saturated heterocycles. The van der Waals surface area contributed by atoms with Crippen LogP contribution in [0.2, 0.25) is 0 Å². The molecule has 0 aliphatic carbocycles. The van der Waals surface area contributed by atoms with Gasteiger partial charge in [-0.2, -0.15) is 0 Å².